The van der Waals surface area contributed by atoms with Crippen molar-refractivity contribution in [2.45, 2.75) is 0 Å². The minimum atomic E-state index is 0.635. The first-order valence-corrected chi connectivity index (χ1v) is 3.06. The fourth-order valence-corrected chi connectivity index (χ4v) is 0.980. The van der Waals surface area contributed by atoms with Gasteiger partial charge in [-0.05, 0) is 11.7 Å². The molecule has 2 nitrogen and oxygen atoms in total. The van der Waals surface area contributed by atoms with E-state index in [1.165, 1.54) is 0 Å². The second kappa shape index (κ2) is 1.87. The van der Waals surface area contributed by atoms with Crippen molar-refractivity contribution in [1.29, 1.82) is 0 Å². The first kappa shape index (κ1) is 5.53. The smallest absolute Gasteiger partial charge is 0.141 e. The van der Waals surface area contributed by atoms with Crippen LogP contribution < -0.4 is 5.59 Å². The minimum Gasteiger partial charge on any atom is -0.292 e. The lowest BCUT2D eigenvalue weighted by Gasteiger charge is -1.84. The van der Waals surface area contributed by atoms with Crippen LogP contribution in [0.1, 0.15) is 0 Å². The molecule has 1 aromatic heterocycles. The molecule has 0 fully saturated rings. The van der Waals surface area contributed by atoms with Gasteiger partial charge >= 0.3 is 0 Å². The highest BCUT2D eigenvalue weighted by molar-refractivity contribution is 6.36. The van der Waals surface area contributed by atoms with Crippen LogP contribution in [0.5, 0.6) is 0 Å². The molecule has 0 unspecified atom stereocenters. The lowest BCUT2D eigenvalue weighted by Crippen LogP contribution is -2.02. The third kappa shape index (κ3) is 0.636. The van der Waals surface area contributed by atoms with Crippen molar-refractivity contribution in [3.63, 3.8) is 0 Å². The maximum atomic E-state index is 5.56. The Bertz CT molecular complexity index is 353. The molecule has 1 aromatic carbocycles. The highest BCUT2D eigenvalue weighted by atomic mass is 15.1. The molecule has 0 aliphatic carbocycles. The number of H-pyrrole nitrogens is 1. The first-order valence-electron chi connectivity index (χ1n) is 3.06. The molecule has 0 saturated heterocycles. The first-order chi connectivity index (χ1) is 4.88. The van der Waals surface area contributed by atoms with E-state index in [4.69, 9.17) is 7.85 Å². The number of hydrogen-bond acceptors (Lipinski definition) is 1. The van der Waals surface area contributed by atoms with Gasteiger partial charge < -0.3 is 0 Å². The van der Waals surface area contributed by atoms with Crippen LogP contribution in [0.3, 0.4) is 0 Å². The monoisotopic (exact) mass is 128 g/mol. The van der Waals surface area contributed by atoms with Gasteiger partial charge in [-0.1, -0.05) is 18.2 Å². The predicted molar refractivity (Wildman–Crippen MR) is 41.5 cm³/mol. The number of nitrogens with zero attached hydrogens (tertiary/aromatic N) is 1. The Kier molecular flexibility index (Phi) is 1.03. The van der Waals surface area contributed by atoms with Crippen LogP contribution >= 0.6 is 0 Å². The van der Waals surface area contributed by atoms with Gasteiger partial charge in [0.1, 0.15) is 7.85 Å². The zero-order valence-electron chi connectivity index (χ0n) is 5.33. The van der Waals surface area contributed by atoms with Crippen molar-refractivity contribution in [2.75, 3.05) is 0 Å². The molecule has 46 valence electrons. The van der Waals surface area contributed by atoms with Crippen LogP contribution in [0.25, 0.3) is 10.9 Å². The second-order valence-corrected chi connectivity index (χ2v) is 2.15. The standard InChI is InChI=1S/C7H5BN2/c8-7-5-3-1-2-4-6(5)9-10-7/h1-4H,(H,9,10). The quantitative estimate of drug-likeness (QED) is 0.509. The van der Waals surface area contributed by atoms with E-state index in [-0.39, 0.29) is 0 Å². The van der Waals surface area contributed by atoms with Gasteiger partial charge in [-0.25, -0.2) is 0 Å². The summed E-state index contributed by atoms with van der Waals surface area (Å²) in [5.41, 5.74) is 1.55. The number of para-hydroxylation sites is 1. The molecule has 0 spiro atoms. The van der Waals surface area contributed by atoms with E-state index in [9.17, 15) is 0 Å². The summed E-state index contributed by atoms with van der Waals surface area (Å²) in [6.45, 7) is 0. The van der Waals surface area contributed by atoms with E-state index in [1.807, 2.05) is 24.3 Å². The molecule has 2 rings (SSSR count). The average molecular weight is 128 g/mol. The van der Waals surface area contributed by atoms with Crippen molar-refractivity contribution in [3.05, 3.63) is 24.3 Å². The highest BCUT2D eigenvalue weighted by Crippen LogP contribution is 2.04. The van der Waals surface area contributed by atoms with Gasteiger partial charge in [0.15, 0.2) is 0 Å². The molecule has 0 amide bonds. The molecule has 10 heavy (non-hydrogen) atoms. The summed E-state index contributed by atoms with van der Waals surface area (Å²) in [6.07, 6.45) is 0. The summed E-state index contributed by atoms with van der Waals surface area (Å²) < 4.78 is 0. The predicted octanol–water partition coefficient (Wildman–Crippen LogP) is 0.357. The topological polar surface area (TPSA) is 28.7 Å². The molecule has 0 aliphatic heterocycles. The lowest BCUT2D eigenvalue weighted by molar-refractivity contribution is 1.14. The van der Waals surface area contributed by atoms with Crippen LogP contribution in [-0.2, 0) is 0 Å². The maximum Gasteiger partial charge on any atom is 0.141 e. The van der Waals surface area contributed by atoms with Gasteiger partial charge in [-0.3, -0.25) is 5.10 Å². The molecule has 3 heteroatoms. The van der Waals surface area contributed by atoms with Crippen LogP contribution in [0.15, 0.2) is 24.3 Å². The zero-order valence-corrected chi connectivity index (χ0v) is 5.33. The van der Waals surface area contributed by atoms with Gasteiger partial charge in [0.05, 0.1) is 5.52 Å². The van der Waals surface area contributed by atoms with Crippen LogP contribution in [0, 0.1) is 0 Å². The van der Waals surface area contributed by atoms with E-state index >= 15 is 0 Å². The molecule has 0 atom stereocenters. The average Bonchev–Trinajstić information content (AvgIpc) is 2.34. The molecule has 0 aliphatic rings. The van der Waals surface area contributed by atoms with Crippen molar-refractivity contribution in [2.24, 2.45) is 0 Å². The molecule has 2 aromatic rings. The molecular formula is C7H5BN2. The zero-order chi connectivity index (χ0) is 6.97. The van der Waals surface area contributed by atoms with E-state index in [0.29, 0.717) is 5.59 Å². The number of hydrogen-bond donors (Lipinski definition) is 1. The molecule has 0 saturated carbocycles. The van der Waals surface area contributed by atoms with E-state index in [0.717, 1.165) is 10.9 Å². The number of nitrogens with one attached hydrogen (secondary N) is 1. The van der Waals surface area contributed by atoms with Crippen molar-refractivity contribution < 1.29 is 0 Å². The maximum absolute atomic E-state index is 5.56. The van der Waals surface area contributed by atoms with Crippen LogP contribution in [0.4, 0.5) is 0 Å². The minimum absolute atomic E-state index is 0.635. The molecular weight excluding hydrogens is 123 g/mol. The Morgan fingerprint density at radius 3 is 2.90 bits per heavy atom. The number of aromatic amines is 1. The lowest BCUT2D eigenvalue weighted by atomic mass is 10.0. The summed E-state index contributed by atoms with van der Waals surface area (Å²) in [7, 11) is 5.56. The highest BCUT2D eigenvalue weighted by Gasteiger charge is 1.95. The number of fused-ring (bicyclic) bond motifs is 1. The Balaban J connectivity index is 2.93. The van der Waals surface area contributed by atoms with Crippen molar-refractivity contribution >= 4 is 24.3 Å². The summed E-state index contributed by atoms with van der Waals surface area (Å²) in [5.74, 6) is 0. The third-order valence-electron chi connectivity index (χ3n) is 1.49. The van der Waals surface area contributed by atoms with Crippen molar-refractivity contribution in [3.8, 4) is 0 Å². The van der Waals surface area contributed by atoms with Gasteiger partial charge in [-0.15, -0.1) is 0 Å². The normalized spacial score (nSPS) is 10.4. The fraction of sp³-hybridized carbons (Fsp3) is 0. The summed E-state index contributed by atoms with van der Waals surface area (Å²) >= 11 is 0. The molecule has 2 radical (unpaired) electrons. The van der Waals surface area contributed by atoms with Crippen LogP contribution in [-0.4, -0.2) is 18.0 Å². The summed E-state index contributed by atoms with van der Waals surface area (Å²) in [6, 6.07) is 7.73. The SMILES string of the molecule is [B]c1[nH]nc2ccccc12. The molecule has 1 heterocycles. The Morgan fingerprint density at radius 1 is 1.30 bits per heavy atom. The van der Waals surface area contributed by atoms with Gasteiger partial charge in [-0.2, -0.15) is 5.10 Å². The van der Waals surface area contributed by atoms with Gasteiger partial charge in [0, 0.05) is 5.39 Å². The van der Waals surface area contributed by atoms with E-state index in [2.05, 4.69) is 10.2 Å². The third-order valence-corrected chi connectivity index (χ3v) is 1.49. The number of rotatable bonds is 0. The summed E-state index contributed by atoms with van der Waals surface area (Å²) in [5, 5.41) is 7.66. The van der Waals surface area contributed by atoms with Crippen LogP contribution in [0.2, 0.25) is 0 Å². The fourth-order valence-electron chi connectivity index (χ4n) is 0.980. The molecule has 1 N–H and O–H groups in total. The van der Waals surface area contributed by atoms with E-state index < -0.39 is 0 Å². The largest absolute Gasteiger partial charge is 0.292 e. The summed E-state index contributed by atoms with van der Waals surface area (Å²) in [4.78, 5) is 0. The Morgan fingerprint density at radius 2 is 2.10 bits per heavy atom. The van der Waals surface area contributed by atoms with E-state index in [1.54, 1.807) is 0 Å². The molecule has 0 bridgehead atoms. The number of aromatic nitrogens is 2. The van der Waals surface area contributed by atoms with Crippen molar-refractivity contribution in [1.82, 2.24) is 10.2 Å². The van der Waals surface area contributed by atoms with Gasteiger partial charge in [0.25, 0.3) is 0 Å². The number of benzene rings is 1. The second-order valence-electron chi connectivity index (χ2n) is 2.15. The Labute approximate surface area is 59.7 Å². The van der Waals surface area contributed by atoms with Gasteiger partial charge in [0.2, 0.25) is 0 Å². The Hall–Kier alpha value is -1.25.